The first-order chi connectivity index (χ1) is 12.2. The van der Waals surface area contributed by atoms with Gasteiger partial charge in [-0.15, -0.1) is 0 Å². The average Bonchev–Trinajstić information content (AvgIpc) is 2.88. The maximum Gasteiger partial charge on any atom is 0.292 e. The minimum Gasteiger partial charge on any atom is -0.378 e. The Kier molecular flexibility index (Phi) is 6.10. The molecule has 1 aliphatic heterocycles. The molecule has 1 aromatic carbocycles. The van der Waals surface area contributed by atoms with Gasteiger partial charge in [-0.2, -0.15) is 9.78 Å². The summed E-state index contributed by atoms with van der Waals surface area (Å²) in [4.78, 5) is 14.8. The van der Waals surface area contributed by atoms with Crippen molar-refractivity contribution >= 4 is 17.3 Å². The van der Waals surface area contributed by atoms with Crippen LogP contribution in [0.15, 0.2) is 41.3 Å². The molecule has 1 fully saturated rings. The molecule has 3 rings (SSSR count). The first kappa shape index (κ1) is 18.0. The zero-order valence-corrected chi connectivity index (χ0v) is 15.3. The van der Waals surface area contributed by atoms with E-state index in [1.807, 2.05) is 30.3 Å². The van der Waals surface area contributed by atoms with Crippen LogP contribution in [0.1, 0.15) is 32.6 Å². The zero-order valence-electron chi connectivity index (χ0n) is 14.5. The molecule has 0 amide bonds. The van der Waals surface area contributed by atoms with E-state index in [1.54, 1.807) is 6.20 Å². The number of benzene rings is 1. The third-order valence-electron chi connectivity index (χ3n) is 4.47. The van der Waals surface area contributed by atoms with Crippen LogP contribution >= 0.6 is 11.6 Å². The molecule has 134 valence electrons. The van der Waals surface area contributed by atoms with E-state index in [0.29, 0.717) is 11.8 Å². The zero-order chi connectivity index (χ0) is 17.6. The van der Waals surface area contributed by atoms with Crippen molar-refractivity contribution in [2.45, 2.75) is 38.7 Å². The average molecular weight is 362 g/mol. The monoisotopic (exact) mass is 361 g/mol. The lowest BCUT2D eigenvalue weighted by Crippen LogP contribution is -2.30. The largest absolute Gasteiger partial charge is 0.378 e. The lowest BCUT2D eigenvalue weighted by Gasteiger charge is -2.23. The molecule has 1 atom stereocenters. The summed E-state index contributed by atoms with van der Waals surface area (Å²) in [5.74, 6) is 0. The highest BCUT2D eigenvalue weighted by atomic mass is 35.5. The molecule has 2 heterocycles. The van der Waals surface area contributed by atoms with E-state index in [1.165, 1.54) is 4.68 Å². The fraction of sp³-hybridized carbons (Fsp3) is 0.474. The second kappa shape index (κ2) is 8.50. The number of nitrogens with zero attached hydrogens (tertiary/aromatic N) is 3. The van der Waals surface area contributed by atoms with Crippen molar-refractivity contribution in [2.75, 3.05) is 24.6 Å². The lowest BCUT2D eigenvalue weighted by molar-refractivity contribution is 0.0461. The molecule has 6 heteroatoms. The maximum atomic E-state index is 12.6. The summed E-state index contributed by atoms with van der Waals surface area (Å²) in [7, 11) is 0. The van der Waals surface area contributed by atoms with Crippen molar-refractivity contribution < 1.29 is 4.74 Å². The van der Waals surface area contributed by atoms with Crippen LogP contribution in [0, 0.1) is 0 Å². The van der Waals surface area contributed by atoms with E-state index >= 15 is 0 Å². The quantitative estimate of drug-likeness (QED) is 0.815. The Morgan fingerprint density at radius 1 is 1.24 bits per heavy atom. The number of para-hydroxylation sites is 1. The van der Waals surface area contributed by atoms with Gasteiger partial charge in [-0.3, -0.25) is 4.79 Å². The van der Waals surface area contributed by atoms with Gasteiger partial charge in [0.2, 0.25) is 0 Å². The van der Waals surface area contributed by atoms with Crippen LogP contribution in [0.25, 0.3) is 5.69 Å². The van der Waals surface area contributed by atoms with Crippen LogP contribution in [0.5, 0.6) is 0 Å². The second-order valence-corrected chi connectivity index (χ2v) is 6.69. The van der Waals surface area contributed by atoms with E-state index in [-0.39, 0.29) is 10.6 Å². The van der Waals surface area contributed by atoms with Crippen LogP contribution in [0.4, 0.5) is 5.69 Å². The van der Waals surface area contributed by atoms with Crippen molar-refractivity contribution in [1.29, 1.82) is 0 Å². The van der Waals surface area contributed by atoms with Crippen molar-refractivity contribution in [1.82, 2.24) is 9.78 Å². The molecule has 0 bridgehead atoms. The predicted molar refractivity (Wildman–Crippen MR) is 101 cm³/mol. The number of aromatic nitrogens is 2. The van der Waals surface area contributed by atoms with Gasteiger partial charge in [0.15, 0.2) is 0 Å². The summed E-state index contributed by atoms with van der Waals surface area (Å²) in [6, 6.07) is 9.32. The summed E-state index contributed by atoms with van der Waals surface area (Å²) in [5, 5.41) is 4.56. The molecular formula is C19H24ClN3O2. The minimum absolute atomic E-state index is 0.228. The number of halogens is 1. The Labute approximate surface area is 153 Å². The van der Waals surface area contributed by atoms with Crippen LogP contribution in [-0.4, -0.2) is 35.6 Å². The molecule has 25 heavy (non-hydrogen) atoms. The van der Waals surface area contributed by atoms with Crippen LogP contribution in [-0.2, 0) is 4.74 Å². The molecule has 0 unspecified atom stereocenters. The lowest BCUT2D eigenvalue weighted by atomic mass is 10.2. The van der Waals surface area contributed by atoms with Gasteiger partial charge >= 0.3 is 0 Å². The van der Waals surface area contributed by atoms with E-state index in [9.17, 15) is 4.79 Å². The van der Waals surface area contributed by atoms with Crippen LogP contribution in [0.2, 0.25) is 5.02 Å². The standard InChI is InChI=1S/C19H24ClN3O2/c1-2-13-25-16-9-6-11-22(12-10-16)17-14-21-23(19(24)18(17)20)15-7-4-3-5-8-15/h3-5,7-8,14,16H,2,6,9-13H2,1H3/t16-/m0/s1. The molecular weight excluding hydrogens is 338 g/mol. The SMILES string of the molecule is CCCO[C@H]1CCCN(c2cnn(-c3ccccc3)c(=O)c2Cl)CC1. The van der Waals surface area contributed by atoms with E-state index in [4.69, 9.17) is 16.3 Å². The van der Waals surface area contributed by atoms with Gasteiger partial charge < -0.3 is 9.64 Å². The number of ether oxygens (including phenoxy) is 1. The summed E-state index contributed by atoms with van der Waals surface area (Å²) < 4.78 is 7.23. The highest BCUT2D eigenvalue weighted by Gasteiger charge is 2.21. The molecule has 2 aromatic rings. The normalized spacial score (nSPS) is 18.2. The first-order valence-electron chi connectivity index (χ1n) is 8.90. The Balaban J connectivity index is 1.79. The smallest absolute Gasteiger partial charge is 0.292 e. The predicted octanol–water partition coefficient (Wildman–Crippen LogP) is 3.67. The summed E-state index contributed by atoms with van der Waals surface area (Å²) >= 11 is 6.41. The highest BCUT2D eigenvalue weighted by Crippen LogP contribution is 2.25. The van der Waals surface area contributed by atoms with Crippen molar-refractivity contribution in [3.63, 3.8) is 0 Å². The Morgan fingerprint density at radius 2 is 2.04 bits per heavy atom. The molecule has 0 aliphatic carbocycles. The fourth-order valence-electron chi connectivity index (χ4n) is 3.16. The van der Waals surface area contributed by atoms with Gasteiger partial charge in [-0.25, -0.2) is 0 Å². The third-order valence-corrected chi connectivity index (χ3v) is 4.83. The maximum absolute atomic E-state index is 12.6. The number of hydrogen-bond acceptors (Lipinski definition) is 4. The summed E-state index contributed by atoms with van der Waals surface area (Å²) in [6.45, 7) is 4.61. The van der Waals surface area contributed by atoms with E-state index in [0.717, 1.165) is 51.1 Å². The van der Waals surface area contributed by atoms with Gasteiger partial charge in [0.1, 0.15) is 5.02 Å². The summed E-state index contributed by atoms with van der Waals surface area (Å²) in [6.07, 6.45) is 6.03. The highest BCUT2D eigenvalue weighted by molar-refractivity contribution is 6.33. The van der Waals surface area contributed by atoms with E-state index < -0.39 is 0 Å². The van der Waals surface area contributed by atoms with Gasteiger partial charge in [-0.05, 0) is 37.8 Å². The van der Waals surface area contributed by atoms with Gasteiger partial charge in [0.05, 0.1) is 23.7 Å². The molecule has 0 radical (unpaired) electrons. The Morgan fingerprint density at radius 3 is 2.80 bits per heavy atom. The van der Waals surface area contributed by atoms with E-state index in [2.05, 4.69) is 16.9 Å². The fourth-order valence-corrected chi connectivity index (χ4v) is 3.40. The number of hydrogen-bond donors (Lipinski definition) is 0. The Hall–Kier alpha value is -1.85. The molecule has 5 nitrogen and oxygen atoms in total. The van der Waals surface area contributed by atoms with Crippen LogP contribution < -0.4 is 10.5 Å². The number of anilines is 1. The molecule has 0 N–H and O–H groups in total. The van der Waals surface area contributed by atoms with Gasteiger partial charge in [-0.1, -0.05) is 36.7 Å². The third kappa shape index (κ3) is 4.22. The van der Waals surface area contributed by atoms with Crippen LogP contribution in [0.3, 0.4) is 0 Å². The van der Waals surface area contributed by atoms with Gasteiger partial charge in [0.25, 0.3) is 5.56 Å². The molecule has 1 aromatic heterocycles. The summed E-state index contributed by atoms with van der Waals surface area (Å²) in [5.41, 5.74) is 1.15. The molecule has 1 saturated heterocycles. The molecule has 0 saturated carbocycles. The second-order valence-electron chi connectivity index (χ2n) is 6.31. The minimum atomic E-state index is -0.284. The van der Waals surface area contributed by atoms with Crippen molar-refractivity contribution in [2.24, 2.45) is 0 Å². The van der Waals surface area contributed by atoms with Crippen molar-refractivity contribution in [3.8, 4) is 5.69 Å². The van der Waals surface area contributed by atoms with Gasteiger partial charge in [0, 0.05) is 19.7 Å². The molecule has 0 spiro atoms. The number of rotatable bonds is 5. The van der Waals surface area contributed by atoms with Crippen molar-refractivity contribution in [3.05, 3.63) is 51.9 Å². The topological polar surface area (TPSA) is 47.4 Å². The molecule has 1 aliphatic rings. The Bertz CT molecular complexity index is 748. The first-order valence-corrected chi connectivity index (χ1v) is 9.28.